The van der Waals surface area contributed by atoms with Gasteiger partial charge in [0.05, 0.1) is 0 Å². The van der Waals surface area contributed by atoms with Gasteiger partial charge in [0.1, 0.15) is 0 Å². The third-order valence-corrected chi connectivity index (χ3v) is 4.71. The lowest BCUT2D eigenvalue weighted by Crippen LogP contribution is -1.87. The maximum absolute atomic E-state index is 5.33. The molecular formula is C23H28N2O. The van der Waals surface area contributed by atoms with E-state index >= 15 is 0 Å². The Hall–Kier alpha value is -2.42. The second kappa shape index (κ2) is 9.33. The van der Waals surface area contributed by atoms with Crippen LogP contribution in [0.15, 0.2) is 53.1 Å². The zero-order valence-corrected chi connectivity index (χ0v) is 15.9. The minimum atomic E-state index is 0.675. The van der Waals surface area contributed by atoms with Crippen LogP contribution < -0.4 is 0 Å². The van der Waals surface area contributed by atoms with Crippen LogP contribution >= 0.6 is 0 Å². The van der Waals surface area contributed by atoms with E-state index in [2.05, 4.69) is 72.5 Å². The van der Waals surface area contributed by atoms with Gasteiger partial charge in [0.15, 0.2) is 0 Å². The second-order valence-corrected chi connectivity index (χ2v) is 6.85. The standard InChI is InChI=1S/C23H28N2O/c1-3-5-7-8-18-10-12-19(13-11-18)20-14-16-21(17-15-20)23-24-22(26-25-23)9-6-4-2/h10-17H,3-9H2,1-2H3. The van der Waals surface area contributed by atoms with Crippen LogP contribution in [-0.2, 0) is 12.8 Å². The van der Waals surface area contributed by atoms with Crippen molar-refractivity contribution < 1.29 is 4.52 Å². The monoisotopic (exact) mass is 348 g/mol. The summed E-state index contributed by atoms with van der Waals surface area (Å²) in [7, 11) is 0. The van der Waals surface area contributed by atoms with E-state index in [0.29, 0.717) is 5.82 Å². The molecule has 3 aromatic rings. The number of benzene rings is 2. The number of hydrogen-bond donors (Lipinski definition) is 0. The Morgan fingerprint density at radius 1 is 0.692 bits per heavy atom. The van der Waals surface area contributed by atoms with Gasteiger partial charge in [0.2, 0.25) is 11.7 Å². The molecule has 136 valence electrons. The third-order valence-electron chi connectivity index (χ3n) is 4.71. The first-order valence-electron chi connectivity index (χ1n) is 9.82. The quantitative estimate of drug-likeness (QED) is 0.415. The summed E-state index contributed by atoms with van der Waals surface area (Å²) in [4.78, 5) is 4.49. The lowest BCUT2D eigenvalue weighted by Gasteiger charge is -2.05. The zero-order chi connectivity index (χ0) is 18.2. The van der Waals surface area contributed by atoms with Gasteiger partial charge in [-0.15, -0.1) is 0 Å². The fourth-order valence-electron chi connectivity index (χ4n) is 3.06. The van der Waals surface area contributed by atoms with E-state index in [1.165, 1.54) is 42.4 Å². The number of aryl methyl sites for hydroxylation is 2. The maximum Gasteiger partial charge on any atom is 0.226 e. The molecule has 1 heterocycles. The molecule has 26 heavy (non-hydrogen) atoms. The van der Waals surface area contributed by atoms with Crippen molar-refractivity contribution in [2.45, 2.75) is 58.8 Å². The highest BCUT2D eigenvalue weighted by Gasteiger charge is 2.08. The molecule has 0 bridgehead atoms. The van der Waals surface area contributed by atoms with Crippen molar-refractivity contribution in [2.75, 3.05) is 0 Å². The number of aromatic nitrogens is 2. The summed E-state index contributed by atoms with van der Waals surface area (Å²) in [5.74, 6) is 1.40. The van der Waals surface area contributed by atoms with Gasteiger partial charge in [0, 0.05) is 12.0 Å². The third kappa shape index (κ3) is 4.81. The molecule has 0 radical (unpaired) electrons. The SMILES string of the molecule is CCCCCc1ccc(-c2ccc(-c3noc(CCCC)n3)cc2)cc1. The van der Waals surface area contributed by atoms with Gasteiger partial charge in [-0.05, 0) is 36.0 Å². The van der Waals surface area contributed by atoms with E-state index < -0.39 is 0 Å². The highest BCUT2D eigenvalue weighted by atomic mass is 16.5. The van der Waals surface area contributed by atoms with E-state index in [4.69, 9.17) is 4.52 Å². The first kappa shape index (κ1) is 18.4. The Bertz CT molecular complexity index is 788. The smallest absolute Gasteiger partial charge is 0.226 e. The molecule has 0 saturated carbocycles. The van der Waals surface area contributed by atoms with E-state index in [9.17, 15) is 0 Å². The number of unbranched alkanes of at least 4 members (excludes halogenated alkanes) is 3. The molecule has 0 aliphatic heterocycles. The van der Waals surface area contributed by atoms with E-state index in [-0.39, 0.29) is 0 Å². The molecule has 0 N–H and O–H groups in total. The molecule has 0 amide bonds. The Labute approximate surface area is 156 Å². The minimum Gasteiger partial charge on any atom is -0.339 e. The van der Waals surface area contributed by atoms with Crippen molar-refractivity contribution in [3.8, 4) is 22.5 Å². The minimum absolute atomic E-state index is 0.675. The molecule has 2 aromatic carbocycles. The van der Waals surface area contributed by atoms with Crippen molar-refractivity contribution in [1.82, 2.24) is 10.1 Å². The van der Waals surface area contributed by atoms with Crippen molar-refractivity contribution in [3.63, 3.8) is 0 Å². The van der Waals surface area contributed by atoms with Crippen molar-refractivity contribution >= 4 is 0 Å². The molecule has 0 spiro atoms. The van der Waals surface area contributed by atoms with Crippen LogP contribution in [0.2, 0.25) is 0 Å². The normalized spacial score (nSPS) is 11.0. The first-order valence-corrected chi connectivity index (χ1v) is 9.82. The Morgan fingerprint density at radius 2 is 1.31 bits per heavy atom. The summed E-state index contributed by atoms with van der Waals surface area (Å²) >= 11 is 0. The first-order chi connectivity index (χ1) is 12.8. The second-order valence-electron chi connectivity index (χ2n) is 6.85. The van der Waals surface area contributed by atoms with Crippen molar-refractivity contribution in [2.24, 2.45) is 0 Å². The summed E-state index contributed by atoms with van der Waals surface area (Å²) in [6.07, 6.45) is 8.08. The molecule has 3 heteroatoms. The summed E-state index contributed by atoms with van der Waals surface area (Å²) in [5, 5.41) is 4.10. The van der Waals surface area contributed by atoms with Crippen LogP contribution in [0.4, 0.5) is 0 Å². The summed E-state index contributed by atoms with van der Waals surface area (Å²) in [5.41, 5.74) is 4.87. The van der Waals surface area contributed by atoms with Gasteiger partial charge in [-0.25, -0.2) is 0 Å². The molecular weight excluding hydrogens is 320 g/mol. The molecule has 3 rings (SSSR count). The molecule has 0 aliphatic rings. The lowest BCUT2D eigenvalue weighted by molar-refractivity contribution is 0.375. The van der Waals surface area contributed by atoms with Crippen LogP contribution in [0.5, 0.6) is 0 Å². The molecule has 0 fully saturated rings. The number of hydrogen-bond acceptors (Lipinski definition) is 3. The average Bonchev–Trinajstić information content (AvgIpc) is 3.16. The average molecular weight is 348 g/mol. The van der Waals surface area contributed by atoms with Gasteiger partial charge in [-0.1, -0.05) is 86.8 Å². The lowest BCUT2D eigenvalue weighted by atomic mass is 10.0. The molecule has 0 saturated heterocycles. The Morgan fingerprint density at radius 3 is 1.96 bits per heavy atom. The number of nitrogens with zero attached hydrogens (tertiary/aromatic N) is 2. The highest BCUT2D eigenvalue weighted by Crippen LogP contribution is 2.24. The van der Waals surface area contributed by atoms with E-state index in [1.807, 2.05) is 0 Å². The van der Waals surface area contributed by atoms with Crippen molar-refractivity contribution in [1.29, 1.82) is 0 Å². The van der Waals surface area contributed by atoms with Crippen LogP contribution in [-0.4, -0.2) is 10.1 Å². The molecule has 0 unspecified atom stereocenters. The Kier molecular flexibility index (Phi) is 6.59. The zero-order valence-electron chi connectivity index (χ0n) is 15.9. The molecule has 0 aliphatic carbocycles. The summed E-state index contributed by atoms with van der Waals surface area (Å²) in [6.45, 7) is 4.40. The molecule has 1 aromatic heterocycles. The van der Waals surface area contributed by atoms with Crippen LogP contribution in [0.1, 0.15) is 57.4 Å². The Balaban J connectivity index is 1.66. The largest absolute Gasteiger partial charge is 0.339 e. The van der Waals surface area contributed by atoms with Gasteiger partial charge >= 0.3 is 0 Å². The fraction of sp³-hybridized carbons (Fsp3) is 0.391. The van der Waals surface area contributed by atoms with Crippen LogP contribution in [0, 0.1) is 0 Å². The van der Waals surface area contributed by atoms with Crippen LogP contribution in [0.3, 0.4) is 0 Å². The fourth-order valence-corrected chi connectivity index (χ4v) is 3.06. The van der Waals surface area contributed by atoms with Gasteiger partial charge in [-0.3, -0.25) is 0 Å². The number of rotatable bonds is 9. The van der Waals surface area contributed by atoms with E-state index in [1.54, 1.807) is 0 Å². The summed E-state index contributed by atoms with van der Waals surface area (Å²) < 4.78 is 5.33. The maximum atomic E-state index is 5.33. The van der Waals surface area contributed by atoms with Gasteiger partial charge in [0.25, 0.3) is 0 Å². The molecule has 0 atom stereocenters. The topological polar surface area (TPSA) is 38.9 Å². The van der Waals surface area contributed by atoms with Gasteiger partial charge in [-0.2, -0.15) is 4.98 Å². The predicted molar refractivity (Wildman–Crippen MR) is 107 cm³/mol. The van der Waals surface area contributed by atoms with Crippen molar-refractivity contribution in [3.05, 3.63) is 60.0 Å². The van der Waals surface area contributed by atoms with Gasteiger partial charge < -0.3 is 4.52 Å². The predicted octanol–water partition coefficient (Wildman–Crippen LogP) is 6.48. The highest BCUT2D eigenvalue weighted by molar-refractivity contribution is 5.67. The van der Waals surface area contributed by atoms with E-state index in [0.717, 1.165) is 30.7 Å². The molecule has 3 nitrogen and oxygen atoms in total. The summed E-state index contributed by atoms with van der Waals surface area (Å²) in [6, 6.07) is 17.3. The van der Waals surface area contributed by atoms with Crippen LogP contribution in [0.25, 0.3) is 22.5 Å².